The summed E-state index contributed by atoms with van der Waals surface area (Å²) in [6.45, 7) is 6.21. The number of aromatic hydroxyl groups is 1. The SMILES string of the molecule is CC/C(C)=C/C(=N\N=C(/C)N(C)C1C[C@H]2CCC[C@@H](C1)N2)c1ccc(-c2cn[nH]c2)cc1O. The van der Waals surface area contributed by atoms with Gasteiger partial charge in [-0.25, -0.2) is 0 Å². The normalized spacial score (nSPS) is 24.1. The zero-order chi connectivity index (χ0) is 23.4. The van der Waals surface area contributed by atoms with E-state index in [0.29, 0.717) is 29.4 Å². The van der Waals surface area contributed by atoms with Crippen LogP contribution in [0.5, 0.6) is 5.75 Å². The van der Waals surface area contributed by atoms with E-state index in [1.165, 1.54) is 24.8 Å². The van der Waals surface area contributed by atoms with Gasteiger partial charge in [0.05, 0.1) is 11.9 Å². The van der Waals surface area contributed by atoms with Crippen LogP contribution in [0.1, 0.15) is 64.9 Å². The minimum absolute atomic E-state index is 0.181. The van der Waals surface area contributed by atoms with Crippen LogP contribution in [0.3, 0.4) is 0 Å². The van der Waals surface area contributed by atoms with Gasteiger partial charge in [0.1, 0.15) is 11.6 Å². The van der Waals surface area contributed by atoms with Gasteiger partial charge in [-0.15, -0.1) is 10.2 Å². The Morgan fingerprint density at radius 2 is 1.94 bits per heavy atom. The van der Waals surface area contributed by atoms with Crippen LogP contribution in [-0.2, 0) is 0 Å². The summed E-state index contributed by atoms with van der Waals surface area (Å²) >= 11 is 0. The predicted molar refractivity (Wildman–Crippen MR) is 135 cm³/mol. The molecule has 0 spiro atoms. The first-order chi connectivity index (χ1) is 15.9. The van der Waals surface area contributed by atoms with Crippen LogP contribution in [0.25, 0.3) is 11.1 Å². The van der Waals surface area contributed by atoms with Gasteiger partial charge in [0.25, 0.3) is 0 Å². The lowest BCUT2D eigenvalue weighted by atomic mass is 9.83. The van der Waals surface area contributed by atoms with Gasteiger partial charge in [0.15, 0.2) is 0 Å². The Hall–Kier alpha value is -2.93. The van der Waals surface area contributed by atoms with Crippen molar-refractivity contribution in [3.05, 3.63) is 47.8 Å². The molecule has 3 heterocycles. The van der Waals surface area contributed by atoms with Crippen molar-refractivity contribution in [1.82, 2.24) is 20.4 Å². The number of rotatable bonds is 6. The molecule has 7 heteroatoms. The number of aromatic nitrogens is 2. The van der Waals surface area contributed by atoms with Crippen LogP contribution in [0.15, 0.2) is 52.4 Å². The third kappa shape index (κ3) is 5.53. The number of aromatic amines is 1. The minimum atomic E-state index is 0.181. The number of nitrogens with zero attached hydrogens (tertiary/aromatic N) is 4. The molecular formula is C26H36N6O. The van der Waals surface area contributed by atoms with Crippen molar-refractivity contribution in [2.45, 2.75) is 77.4 Å². The lowest BCUT2D eigenvalue weighted by Crippen LogP contribution is -2.54. The molecule has 0 amide bonds. The first-order valence-corrected chi connectivity index (χ1v) is 12.1. The maximum atomic E-state index is 10.8. The molecule has 0 radical (unpaired) electrons. The zero-order valence-corrected chi connectivity index (χ0v) is 20.2. The molecule has 176 valence electrons. The first kappa shape index (κ1) is 23.2. The van der Waals surface area contributed by atoms with Gasteiger partial charge in [-0.1, -0.05) is 25.0 Å². The fourth-order valence-electron chi connectivity index (χ4n) is 4.85. The van der Waals surface area contributed by atoms with Crippen LogP contribution in [-0.4, -0.2) is 56.9 Å². The van der Waals surface area contributed by atoms with Gasteiger partial charge < -0.3 is 15.3 Å². The van der Waals surface area contributed by atoms with Crippen molar-refractivity contribution in [2.75, 3.05) is 7.05 Å². The Morgan fingerprint density at radius 3 is 2.58 bits per heavy atom. The van der Waals surface area contributed by atoms with E-state index < -0.39 is 0 Å². The van der Waals surface area contributed by atoms with Gasteiger partial charge in [0, 0.05) is 42.5 Å². The fourth-order valence-corrected chi connectivity index (χ4v) is 4.85. The third-order valence-corrected chi connectivity index (χ3v) is 7.10. The zero-order valence-electron chi connectivity index (χ0n) is 20.2. The van der Waals surface area contributed by atoms with Crippen LogP contribution >= 0.6 is 0 Å². The molecule has 1 aromatic carbocycles. The third-order valence-electron chi connectivity index (χ3n) is 7.10. The second-order valence-corrected chi connectivity index (χ2v) is 9.42. The van der Waals surface area contributed by atoms with Crippen LogP contribution in [0.2, 0.25) is 0 Å². The van der Waals surface area contributed by atoms with E-state index in [9.17, 15) is 5.11 Å². The molecule has 1 aromatic heterocycles. The Kier molecular flexibility index (Phi) is 7.28. The molecule has 0 saturated carbocycles. The Balaban J connectivity index is 1.59. The highest BCUT2D eigenvalue weighted by Crippen LogP contribution is 2.29. The van der Waals surface area contributed by atoms with Gasteiger partial charge in [0.2, 0.25) is 0 Å². The second kappa shape index (κ2) is 10.3. The number of piperidine rings is 2. The lowest BCUT2D eigenvalue weighted by Gasteiger charge is -2.43. The number of allylic oxidation sites excluding steroid dienone is 2. The van der Waals surface area contributed by atoms with E-state index in [4.69, 9.17) is 0 Å². The molecule has 2 fully saturated rings. The quantitative estimate of drug-likeness (QED) is 0.334. The van der Waals surface area contributed by atoms with Crippen LogP contribution in [0, 0.1) is 0 Å². The second-order valence-electron chi connectivity index (χ2n) is 9.42. The standard InChI is InChI=1S/C26H36N6O/c1-5-17(2)11-25(24-10-9-19(12-26(24)33)20-15-27-28-16-20)31-30-18(3)32(4)23-13-21-7-6-8-22(14-23)29-21/h9-12,15-16,21-23,29,33H,5-8,13-14H2,1-4H3,(H,27,28)/b17-11+,30-18+,31-25+/t21-,22+,23?. The summed E-state index contributed by atoms with van der Waals surface area (Å²) in [6.07, 6.45) is 12.7. The van der Waals surface area contributed by atoms with Gasteiger partial charge >= 0.3 is 0 Å². The number of H-pyrrole nitrogens is 1. The van der Waals surface area contributed by atoms with Crippen molar-refractivity contribution in [3.63, 3.8) is 0 Å². The van der Waals surface area contributed by atoms with Crippen molar-refractivity contribution >= 4 is 11.5 Å². The van der Waals surface area contributed by atoms with Crippen LogP contribution in [0.4, 0.5) is 0 Å². The molecule has 2 saturated heterocycles. The summed E-state index contributed by atoms with van der Waals surface area (Å²) in [6, 6.07) is 7.36. The Bertz CT molecular complexity index is 1030. The number of hydrogen-bond donors (Lipinski definition) is 3. The molecule has 3 N–H and O–H groups in total. The fraction of sp³-hybridized carbons (Fsp3) is 0.500. The number of phenols is 1. The number of amidine groups is 1. The molecule has 2 aliphatic rings. The summed E-state index contributed by atoms with van der Waals surface area (Å²) in [4.78, 5) is 2.28. The van der Waals surface area contributed by atoms with Crippen molar-refractivity contribution in [3.8, 4) is 16.9 Å². The molecular weight excluding hydrogens is 412 g/mol. The maximum absolute atomic E-state index is 10.8. The number of nitrogens with one attached hydrogen (secondary N) is 2. The van der Waals surface area contributed by atoms with Gasteiger partial charge in [-0.2, -0.15) is 5.10 Å². The smallest absolute Gasteiger partial charge is 0.125 e. The molecule has 0 aliphatic carbocycles. The lowest BCUT2D eigenvalue weighted by molar-refractivity contribution is 0.162. The van der Waals surface area contributed by atoms with Gasteiger partial charge in [-0.3, -0.25) is 5.10 Å². The number of fused-ring (bicyclic) bond motifs is 2. The van der Waals surface area contributed by atoms with Crippen molar-refractivity contribution in [2.24, 2.45) is 10.2 Å². The summed E-state index contributed by atoms with van der Waals surface area (Å²) < 4.78 is 0. The molecule has 7 nitrogen and oxygen atoms in total. The molecule has 2 aromatic rings. The maximum Gasteiger partial charge on any atom is 0.125 e. The van der Waals surface area contributed by atoms with E-state index in [1.807, 2.05) is 31.3 Å². The molecule has 33 heavy (non-hydrogen) atoms. The van der Waals surface area contributed by atoms with Crippen LogP contribution < -0.4 is 5.32 Å². The minimum Gasteiger partial charge on any atom is -0.507 e. The van der Waals surface area contributed by atoms with E-state index in [-0.39, 0.29) is 5.75 Å². The molecule has 2 bridgehead atoms. The van der Waals surface area contributed by atoms with E-state index in [2.05, 4.69) is 51.5 Å². The van der Waals surface area contributed by atoms with E-state index in [0.717, 1.165) is 36.2 Å². The van der Waals surface area contributed by atoms with E-state index in [1.54, 1.807) is 12.3 Å². The topological polar surface area (TPSA) is 88.9 Å². The highest BCUT2D eigenvalue weighted by atomic mass is 16.3. The number of benzene rings is 1. The summed E-state index contributed by atoms with van der Waals surface area (Å²) in [5.41, 5.74) is 4.35. The van der Waals surface area contributed by atoms with E-state index >= 15 is 0 Å². The predicted octanol–water partition coefficient (Wildman–Crippen LogP) is 4.87. The number of hydrogen-bond acceptors (Lipinski definition) is 5. The number of phenolic OH excluding ortho intramolecular Hbond substituents is 1. The van der Waals surface area contributed by atoms with Crippen molar-refractivity contribution in [1.29, 1.82) is 0 Å². The summed E-state index contributed by atoms with van der Waals surface area (Å²) in [7, 11) is 2.13. The average Bonchev–Trinajstić information content (AvgIpc) is 3.35. The highest BCUT2D eigenvalue weighted by Gasteiger charge is 2.33. The summed E-state index contributed by atoms with van der Waals surface area (Å²) in [5, 5.41) is 30.6. The molecule has 4 rings (SSSR count). The van der Waals surface area contributed by atoms with Crippen molar-refractivity contribution < 1.29 is 5.11 Å². The highest BCUT2D eigenvalue weighted by molar-refractivity contribution is 6.11. The Morgan fingerprint density at radius 1 is 1.18 bits per heavy atom. The molecule has 1 unspecified atom stereocenters. The monoisotopic (exact) mass is 448 g/mol. The summed E-state index contributed by atoms with van der Waals surface area (Å²) in [5.74, 6) is 1.08. The molecule has 2 aliphatic heterocycles. The average molecular weight is 449 g/mol. The largest absolute Gasteiger partial charge is 0.507 e. The molecule has 3 atom stereocenters. The van der Waals surface area contributed by atoms with Gasteiger partial charge in [-0.05, 0) is 69.7 Å². The Labute approximate surface area is 196 Å². The first-order valence-electron chi connectivity index (χ1n) is 12.1.